The second-order valence-corrected chi connectivity index (χ2v) is 9.39. The maximum Gasteiger partial charge on any atom is 0.264 e. The summed E-state index contributed by atoms with van der Waals surface area (Å²) in [6.07, 6.45) is 0. The second kappa shape index (κ2) is 9.51. The van der Waals surface area contributed by atoms with Crippen molar-refractivity contribution in [2.45, 2.75) is 17.9 Å². The van der Waals surface area contributed by atoms with Crippen molar-refractivity contribution in [1.29, 1.82) is 0 Å². The van der Waals surface area contributed by atoms with Gasteiger partial charge in [-0.1, -0.05) is 71.7 Å². The minimum Gasteiger partial charge on any atom is -0.348 e. The number of rotatable bonds is 7. The summed E-state index contributed by atoms with van der Waals surface area (Å²) in [6.45, 7) is 1.41. The molecule has 0 aliphatic heterocycles. The van der Waals surface area contributed by atoms with Gasteiger partial charge in [-0.15, -0.1) is 0 Å². The number of anilines is 1. The first-order valence-corrected chi connectivity index (χ1v) is 11.3. The number of hydrogen-bond acceptors (Lipinski definition) is 3. The number of amides is 1. The molecule has 3 rings (SSSR count). The van der Waals surface area contributed by atoms with Gasteiger partial charge in [0, 0.05) is 10.0 Å². The standard InChI is InChI=1S/C22H20Cl2N2O3S/c1-16(17-8-4-2-5-9-17)25-22(27)15-26(20-13-18(23)12-19(24)14-20)30(28,29)21-10-6-3-7-11-21/h2-14,16H,15H2,1H3,(H,25,27)/t16-/m0/s1. The van der Waals surface area contributed by atoms with Gasteiger partial charge < -0.3 is 5.32 Å². The van der Waals surface area contributed by atoms with E-state index in [0.29, 0.717) is 0 Å². The first kappa shape index (κ1) is 22.2. The summed E-state index contributed by atoms with van der Waals surface area (Å²) < 4.78 is 27.6. The molecule has 1 amide bonds. The van der Waals surface area contributed by atoms with Crippen LogP contribution in [-0.2, 0) is 14.8 Å². The second-order valence-electron chi connectivity index (χ2n) is 6.65. The molecule has 1 N–H and O–H groups in total. The van der Waals surface area contributed by atoms with Crippen LogP contribution < -0.4 is 9.62 Å². The summed E-state index contributed by atoms with van der Waals surface area (Å²) in [7, 11) is -4.03. The van der Waals surface area contributed by atoms with E-state index in [1.54, 1.807) is 18.2 Å². The van der Waals surface area contributed by atoms with Crippen LogP contribution in [0.2, 0.25) is 10.0 Å². The van der Waals surface area contributed by atoms with Gasteiger partial charge >= 0.3 is 0 Å². The lowest BCUT2D eigenvalue weighted by molar-refractivity contribution is -0.120. The number of nitrogens with zero attached hydrogens (tertiary/aromatic N) is 1. The van der Waals surface area contributed by atoms with Crippen molar-refractivity contribution in [3.63, 3.8) is 0 Å². The highest BCUT2D eigenvalue weighted by Gasteiger charge is 2.28. The Morgan fingerprint density at radius 1 is 0.933 bits per heavy atom. The molecular formula is C22H20Cl2N2O3S. The Hall–Kier alpha value is -2.54. The summed E-state index contributed by atoms with van der Waals surface area (Å²) in [4.78, 5) is 12.8. The normalized spacial score (nSPS) is 12.2. The van der Waals surface area contributed by atoms with Crippen LogP contribution in [0.15, 0.2) is 83.8 Å². The highest BCUT2D eigenvalue weighted by Crippen LogP contribution is 2.29. The molecule has 3 aromatic carbocycles. The van der Waals surface area contributed by atoms with Gasteiger partial charge in [-0.2, -0.15) is 0 Å². The van der Waals surface area contributed by atoms with E-state index in [4.69, 9.17) is 23.2 Å². The Morgan fingerprint density at radius 3 is 2.03 bits per heavy atom. The quantitative estimate of drug-likeness (QED) is 0.532. The van der Waals surface area contributed by atoms with Gasteiger partial charge in [0.25, 0.3) is 10.0 Å². The monoisotopic (exact) mass is 462 g/mol. The number of nitrogens with one attached hydrogen (secondary N) is 1. The third-order valence-corrected chi connectivity index (χ3v) is 6.66. The maximum atomic E-state index is 13.3. The van der Waals surface area contributed by atoms with Crippen LogP contribution in [0.5, 0.6) is 0 Å². The summed E-state index contributed by atoms with van der Waals surface area (Å²) in [5.74, 6) is -0.457. The Balaban J connectivity index is 1.93. The molecule has 5 nitrogen and oxygen atoms in total. The molecule has 3 aromatic rings. The molecule has 0 aromatic heterocycles. The molecule has 30 heavy (non-hydrogen) atoms. The lowest BCUT2D eigenvalue weighted by Gasteiger charge is -2.25. The summed E-state index contributed by atoms with van der Waals surface area (Å²) in [5.41, 5.74) is 1.12. The molecule has 0 saturated carbocycles. The van der Waals surface area contributed by atoms with Crippen LogP contribution in [0.1, 0.15) is 18.5 Å². The molecule has 0 spiro atoms. The smallest absolute Gasteiger partial charge is 0.264 e. The maximum absolute atomic E-state index is 13.3. The number of carbonyl (C=O) groups is 1. The van der Waals surface area contributed by atoms with Crippen molar-refractivity contribution < 1.29 is 13.2 Å². The molecule has 0 heterocycles. The van der Waals surface area contributed by atoms with E-state index < -0.39 is 22.5 Å². The fraction of sp³-hybridized carbons (Fsp3) is 0.136. The molecule has 8 heteroatoms. The van der Waals surface area contributed by atoms with Gasteiger partial charge in [0.2, 0.25) is 5.91 Å². The van der Waals surface area contributed by atoms with Crippen molar-refractivity contribution in [2.75, 3.05) is 10.8 Å². The van der Waals surface area contributed by atoms with Gasteiger partial charge in [-0.25, -0.2) is 8.42 Å². The Kier molecular flexibility index (Phi) is 7.02. The van der Waals surface area contributed by atoms with Crippen LogP contribution in [0.4, 0.5) is 5.69 Å². The largest absolute Gasteiger partial charge is 0.348 e. The zero-order valence-corrected chi connectivity index (χ0v) is 18.5. The van der Waals surface area contributed by atoms with E-state index in [1.807, 2.05) is 37.3 Å². The predicted octanol–water partition coefficient (Wildman–Crippen LogP) is 5.07. The molecule has 0 aliphatic rings. The van der Waals surface area contributed by atoms with Gasteiger partial charge in [0.15, 0.2) is 0 Å². The Labute approximate surface area is 186 Å². The van der Waals surface area contributed by atoms with Crippen LogP contribution in [-0.4, -0.2) is 20.9 Å². The van der Waals surface area contributed by atoms with Crippen molar-refractivity contribution >= 4 is 44.8 Å². The fourth-order valence-electron chi connectivity index (χ4n) is 2.96. The average molecular weight is 463 g/mol. The summed E-state index contributed by atoms with van der Waals surface area (Å²) in [6, 6.07) is 21.4. The average Bonchev–Trinajstić information content (AvgIpc) is 2.72. The van der Waals surface area contributed by atoms with Crippen molar-refractivity contribution in [3.8, 4) is 0 Å². The molecule has 0 saturated heterocycles. The van der Waals surface area contributed by atoms with E-state index in [0.717, 1.165) is 9.87 Å². The minimum atomic E-state index is -4.03. The van der Waals surface area contributed by atoms with E-state index in [1.165, 1.54) is 30.3 Å². The van der Waals surface area contributed by atoms with Gasteiger partial charge in [-0.05, 0) is 42.8 Å². The first-order chi connectivity index (χ1) is 14.3. The topological polar surface area (TPSA) is 66.5 Å². The molecular weight excluding hydrogens is 443 g/mol. The van der Waals surface area contributed by atoms with Crippen LogP contribution in [0.3, 0.4) is 0 Å². The van der Waals surface area contributed by atoms with E-state index >= 15 is 0 Å². The van der Waals surface area contributed by atoms with Crippen molar-refractivity contribution in [1.82, 2.24) is 5.32 Å². The summed E-state index contributed by atoms with van der Waals surface area (Å²) in [5, 5.41) is 3.37. The molecule has 156 valence electrons. The molecule has 0 aliphatic carbocycles. The fourth-order valence-corrected chi connectivity index (χ4v) is 4.90. The Morgan fingerprint density at radius 2 is 1.47 bits per heavy atom. The zero-order chi connectivity index (χ0) is 21.7. The summed E-state index contributed by atoms with van der Waals surface area (Å²) >= 11 is 12.2. The van der Waals surface area contributed by atoms with Crippen LogP contribution >= 0.6 is 23.2 Å². The van der Waals surface area contributed by atoms with E-state index in [-0.39, 0.29) is 26.7 Å². The third kappa shape index (κ3) is 5.33. The van der Waals surface area contributed by atoms with E-state index in [2.05, 4.69) is 5.32 Å². The molecule has 1 atom stereocenters. The predicted molar refractivity (Wildman–Crippen MR) is 120 cm³/mol. The van der Waals surface area contributed by atoms with Crippen LogP contribution in [0, 0.1) is 0 Å². The lowest BCUT2D eigenvalue weighted by Crippen LogP contribution is -2.41. The van der Waals surface area contributed by atoms with E-state index in [9.17, 15) is 13.2 Å². The number of benzene rings is 3. The third-order valence-electron chi connectivity index (χ3n) is 4.43. The highest BCUT2D eigenvalue weighted by atomic mass is 35.5. The number of halogens is 2. The van der Waals surface area contributed by atoms with Gasteiger partial charge in [0.05, 0.1) is 16.6 Å². The number of carbonyl (C=O) groups excluding carboxylic acids is 1. The first-order valence-electron chi connectivity index (χ1n) is 9.15. The molecule has 0 fully saturated rings. The zero-order valence-electron chi connectivity index (χ0n) is 16.1. The van der Waals surface area contributed by atoms with Gasteiger partial charge in [-0.3, -0.25) is 9.10 Å². The molecule has 0 unspecified atom stereocenters. The van der Waals surface area contributed by atoms with Crippen molar-refractivity contribution in [3.05, 3.63) is 94.5 Å². The SMILES string of the molecule is C[C@H](NC(=O)CN(c1cc(Cl)cc(Cl)c1)S(=O)(=O)c1ccccc1)c1ccccc1. The molecule has 0 bridgehead atoms. The number of hydrogen-bond donors (Lipinski definition) is 1. The van der Waals surface area contributed by atoms with Crippen LogP contribution in [0.25, 0.3) is 0 Å². The van der Waals surface area contributed by atoms with Gasteiger partial charge in [0.1, 0.15) is 6.54 Å². The molecule has 0 radical (unpaired) electrons. The minimum absolute atomic E-state index is 0.0602. The lowest BCUT2D eigenvalue weighted by atomic mass is 10.1. The highest BCUT2D eigenvalue weighted by molar-refractivity contribution is 7.92. The Bertz CT molecular complexity index is 1100. The number of sulfonamides is 1. The van der Waals surface area contributed by atoms with Crippen molar-refractivity contribution in [2.24, 2.45) is 0 Å².